The van der Waals surface area contributed by atoms with Crippen molar-refractivity contribution in [2.45, 2.75) is 12.3 Å². The van der Waals surface area contributed by atoms with Crippen molar-refractivity contribution in [1.29, 1.82) is 0 Å². The maximum Gasteiger partial charge on any atom is 0.251 e. The van der Waals surface area contributed by atoms with Gasteiger partial charge in [0.1, 0.15) is 5.82 Å². The number of alkyl halides is 1. The van der Waals surface area contributed by atoms with Crippen LogP contribution in [-0.2, 0) is 4.74 Å². The van der Waals surface area contributed by atoms with Crippen LogP contribution in [0, 0.1) is 12.7 Å². The van der Waals surface area contributed by atoms with Gasteiger partial charge in [-0.15, -0.1) is 11.6 Å². The number of benzene rings is 1. The van der Waals surface area contributed by atoms with Crippen LogP contribution in [0.25, 0.3) is 0 Å². The Kier molecular flexibility index (Phi) is 5.38. The summed E-state index contributed by atoms with van der Waals surface area (Å²) in [5.74, 6) is -0.592. The van der Waals surface area contributed by atoms with Crippen LogP contribution in [0.5, 0.6) is 0 Å². The summed E-state index contributed by atoms with van der Waals surface area (Å²) < 4.78 is 17.9. The van der Waals surface area contributed by atoms with Crippen molar-refractivity contribution in [1.82, 2.24) is 5.32 Å². The molecule has 0 aliphatic rings. The lowest BCUT2D eigenvalue weighted by atomic mass is 10.1. The highest BCUT2D eigenvalue weighted by atomic mass is 35.5. The van der Waals surface area contributed by atoms with Crippen LogP contribution >= 0.6 is 11.6 Å². The number of carbonyl (C=O) groups is 1. The van der Waals surface area contributed by atoms with Crippen LogP contribution in [0.2, 0.25) is 0 Å². The molecule has 0 aliphatic carbocycles. The summed E-state index contributed by atoms with van der Waals surface area (Å²) in [5, 5.41) is 2.38. The fourth-order valence-corrected chi connectivity index (χ4v) is 1.53. The number of amides is 1. The van der Waals surface area contributed by atoms with Gasteiger partial charge in [0.15, 0.2) is 0 Å². The maximum absolute atomic E-state index is 13.0. The van der Waals surface area contributed by atoms with Gasteiger partial charge in [0.25, 0.3) is 5.91 Å². The summed E-state index contributed by atoms with van der Waals surface area (Å²) in [6.07, 6.45) is 0. The smallest absolute Gasteiger partial charge is 0.251 e. The molecule has 5 heteroatoms. The van der Waals surface area contributed by atoms with Crippen molar-refractivity contribution < 1.29 is 13.9 Å². The normalized spacial score (nSPS) is 12.2. The lowest BCUT2D eigenvalue weighted by Crippen LogP contribution is -2.31. The molecule has 0 aliphatic heterocycles. The zero-order chi connectivity index (χ0) is 12.8. The van der Waals surface area contributed by atoms with Gasteiger partial charge in [-0.25, -0.2) is 4.39 Å². The number of hydrogen-bond donors (Lipinski definition) is 1. The van der Waals surface area contributed by atoms with E-state index in [9.17, 15) is 9.18 Å². The van der Waals surface area contributed by atoms with Crippen LogP contribution < -0.4 is 5.32 Å². The van der Waals surface area contributed by atoms with Crippen LogP contribution in [-0.4, -0.2) is 31.5 Å². The van der Waals surface area contributed by atoms with Gasteiger partial charge in [-0.05, 0) is 30.7 Å². The monoisotopic (exact) mass is 259 g/mol. The molecule has 1 aromatic carbocycles. The molecule has 0 aromatic heterocycles. The predicted octanol–water partition coefficient (Wildman–Crippen LogP) is 2.12. The molecule has 0 radical (unpaired) electrons. The molecule has 1 aromatic rings. The summed E-state index contributed by atoms with van der Waals surface area (Å²) in [5.41, 5.74) is 0.863. The second-order valence-corrected chi connectivity index (χ2v) is 4.34. The number of nitrogens with one attached hydrogen (secondary N) is 1. The molecule has 0 spiro atoms. The minimum atomic E-state index is -0.323. The third-order valence-corrected chi connectivity index (χ3v) is 2.53. The molecule has 1 N–H and O–H groups in total. The van der Waals surface area contributed by atoms with Gasteiger partial charge in [-0.1, -0.05) is 0 Å². The zero-order valence-electron chi connectivity index (χ0n) is 9.80. The molecule has 0 saturated heterocycles. The highest BCUT2D eigenvalue weighted by molar-refractivity contribution is 6.21. The molecule has 17 heavy (non-hydrogen) atoms. The van der Waals surface area contributed by atoms with Crippen LogP contribution in [0.3, 0.4) is 0 Å². The minimum absolute atomic E-state index is 0.269. The van der Waals surface area contributed by atoms with E-state index in [1.165, 1.54) is 18.2 Å². The fourth-order valence-electron chi connectivity index (χ4n) is 1.33. The number of rotatable bonds is 5. The highest BCUT2D eigenvalue weighted by Crippen LogP contribution is 2.09. The molecule has 0 heterocycles. The number of carbonyl (C=O) groups excluding carboxylic acids is 1. The largest absolute Gasteiger partial charge is 0.383 e. The SMILES string of the molecule is COCC(Cl)CNC(=O)c1ccc(F)c(C)c1. The predicted molar refractivity (Wildman–Crippen MR) is 65.0 cm³/mol. The van der Waals surface area contributed by atoms with E-state index in [0.717, 1.165) is 0 Å². The average molecular weight is 260 g/mol. The Balaban J connectivity index is 2.55. The summed E-state index contributed by atoms with van der Waals surface area (Å²) in [7, 11) is 1.54. The maximum atomic E-state index is 13.0. The lowest BCUT2D eigenvalue weighted by molar-refractivity contribution is 0.0949. The summed E-state index contributed by atoms with van der Waals surface area (Å²) in [6, 6.07) is 4.22. The van der Waals surface area contributed by atoms with Crippen molar-refractivity contribution in [2.75, 3.05) is 20.3 Å². The number of halogens is 2. The molecule has 0 bridgehead atoms. The Morgan fingerprint density at radius 3 is 2.88 bits per heavy atom. The Hall–Kier alpha value is -1.13. The van der Waals surface area contributed by atoms with Gasteiger partial charge >= 0.3 is 0 Å². The molecule has 94 valence electrons. The molecule has 1 atom stereocenters. The summed E-state index contributed by atoms with van der Waals surface area (Å²) >= 11 is 5.87. The Morgan fingerprint density at radius 2 is 2.29 bits per heavy atom. The number of methoxy groups -OCH3 is 1. The van der Waals surface area contributed by atoms with Crippen LogP contribution in [0.1, 0.15) is 15.9 Å². The molecular formula is C12H15ClFNO2. The first-order chi connectivity index (χ1) is 8.04. The van der Waals surface area contributed by atoms with Crippen LogP contribution in [0.4, 0.5) is 4.39 Å². The number of ether oxygens (including phenoxy) is 1. The number of hydrogen-bond acceptors (Lipinski definition) is 2. The van der Waals surface area contributed by atoms with E-state index in [1.807, 2.05) is 0 Å². The molecule has 1 rings (SSSR count). The Morgan fingerprint density at radius 1 is 1.59 bits per heavy atom. The summed E-state index contributed by atoms with van der Waals surface area (Å²) in [6.45, 7) is 2.29. The molecule has 1 amide bonds. The van der Waals surface area contributed by atoms with Crippen LogP contribution in [0.15, 0.2) is 18.2 Å². The fraction of sp³-hybridized carbons (Fsp3) is 0.417. The average Bonchev–Trinajstić information content (AvgIpc) is 2.30. The molecule has 0 saturated carbocycles. The third kappa shape index (κ3) is 4.32. The first-order valence-corrected chi connectivity index (χ1v) is 5.65. The van der Waals surface area contributed by atoms with E-state index in [4.69, 9.17) is 16.3 Å². The summed E-state index contributed by atoms with van der Waals surface area (Å²) in [4.78, 5) is 11.7. The van der Waals surface area contributed by atoms with Gasteiger partial charge in [0, 0.05) is 19.2 Å². The van der Waals surface area contributed by atoms with Gasteiger partial charge in [0.05, 0.1) is 12.0 Å². The first-order valence-electron chi connectivity index (χ1n) is 5.22. The molecule has 0 fully saturated rings. The molecular weight excluding hydrogens is 245 g/mol. The van der Waals surface area contributed by atoms with Crippen molar-refractivity contribution in [2.24, 2.45) is 0 Å². The zero-order valence-corrected chi connectivity index (χ0v) is 10.6. The van der Waals surface area contributed by atoms with E-state index in [2.05, 4.69) is 5.32 Å². The molecule has 1 unspecified atom stereocenters. The molecule has 3 nitrogen and oxygen atoms in total. The second kappa shape index (κ2) is 6.57. The third-order valence-electron chi connectivity index (χ3n) is 2.25. The van der Waals surface area contributed by atoms with Gasteiger partial charge < -0.3 is 10.1 Å². The van der Waals surface area contributed by atoms with Gasteiger partial charge in [-0.3, -0.25) is 4.79 Å². The van der Waals surface area contributed by atoms with Crippen molar-refractivity contribution in [3.8, 4) is 0 Å². The minimum Gasteiger partial charge on any atom is -0.383 e. The number of aryl methyl sites for hydroxylation is 1. The topological polar surface area (TPSA) is 38.3 Å². The van der Waals surface area contributed by atoms with Crippen molar-refractivity contribution >= 4 is 17.5 Å². The van der Waals surface area contributed by atoms with Crippen molar-refractivity contribution in [3.05, 3.63) is 35.1 Å². The second-order valence-electron chi connectivity index (χ2n) is 3.73. The lowest BCUT2D eigenvalue weighted by Gasteiger charge is -2.10. The van der Waals surface area contributed by atoms with Gasteiger partial charge in [-0.2, -0.15) is 0 Å². The standard InChI is InChI=1S/C12H15ClFNO2/c1-8-5-9(3-4-11(8)14)12(16)15-6-10(13)7-17-2/h3-5,10H,6-7H2,1-2H3,(H,15,16). The first kappa shape index (κ1) is 13.9. The van der Waals surface area contributed by atoms with Crippen molar-refractivity contribution in [3.63, 3.8) is 0 Å². The highest BCUT2D eigenvalue weighted by Gasteiger charge is 2.10. The quantitative estimate of drug-likeness (QED) is 0.823. The Labute approximate surface area is 105 Å². The van der Waals surface area contributed by atoms with Gasteiger partial charge in [0.2, 0.25) is 0 Å². The Bertz CT molecular complexity index is 398. The van der Waals surface area contributed by atoms with E-state index in [1.54, 1.807) is 14.0 Å². The van der Waals surface area contributed by atoms with E-state index < -0.39 is 0 Å². The van der Waals surface area contributed by atoms with E-state index >= 15 is 0 Å². The van der Waals surface area contributed by atoms with E-state index in [0.29, 0.717) is 24.3 Å². The van der Waals surface area contributed by atoms with E-state index in [-0.39, 0.29) is 17.1 Å².